The molecule has 1 aliphatic heterocycles. The van der Waals surface area contributed by atoms with Crippen molar-refractivity contribution in [1.82, 2.24) is 0 Å². The Bertz CT molecular complexity index is 809. The number of oxime groups is 1. The smallest absolute Gasteiger partial charge is 0.368 e. The first kappa shape index (κ1) is 14.2. The molecule has 0 atom stereocenters. The van der Waals surface area contributed by atoms with Gasteiger partial charge in [-0.2, -0.15) is 0 Å². The van der Waals surface area contributed by atoms with E-state index >= 15 is 0 Å². The van der Waals surface area contributed by atoms with Gasteiger partial charge in [0.2, 0.25) is 0 Å². The van der Waals surface area contributed by atoms with Gasteiger partial charge in [-0.3, -0.25) is 0 Å². The van der Waals surface area contributed by atoms with E-state index in [1.165, 1.54) is 24.3 Å². The van der Waals surface area contributed by atoms with E-state index in [1.54, 1.807) is 24.3 Å². The highest BCUT2D eigenvalue weighted by molar-refractivity contribution is 6.32. The van der Waals surface area contributed by atoms with Gasteiger partial charge in [0.1, 0.15) is 17.2 Å². The highest BCUT2D eigenvalue weighted by Gasteiger charge is 2.27. The number of hydrogen-bond donors (Lipinski definition) is 2. The van der Waals surface area contributed by atoms with Crippen LogP contribution in [0.4, 0.5) is 0 Å². The van der Waals surface area contributed by atoms with Gasteiger partial charge in [-0.15, -0.1) is 0 Å². The molecule has 1 aliphatic rings. The quantitative estimate of drug-likeness (QED) is 0.659. The molecule has 0 amide bonds. The fraction of sp³-hybridized carbons (Fsp3) is 0. The summed E-state index contributed by atoms with van der Waals surface area (Å²) >= 11 is 5.84. The van der Waals surface area contributed by atoms with Crippen molar-refractivity contribution in [2.24, 2.45) is 5.16 Å². The second-order valence-electron chi connectivity index (χ2n) is 4.63. The molecule has 0 fully saturated rings. The molecule has 5 nitrogen and oxygen atoms in total. The third-order valence-electron chi connectivity index (χ3n) is 3.13. The second-order valence-corrected chi connectivity index (χ2v) is 5.06. The Balaban J connectivity index is 2.03. The van der Waals surface area contributed by atoms with Gasteiger partial charge in [0, 0.05) is 22.2 Å². The zero-order valence-corrected chi connectivity index (χ0v) is 11.9. The van der Waals surface area contributed by atoms with E-state index in [0.717, 1.165) is 0 Å². The number of hydrogen-bond acceptors (Lipinski definition) is 5. The average molecular weight is 316 g/mol. The molecule has 110 valence electrons. The van der Waals surface area contributed by atoms with Gasteiger partial charge in [-0.25, -0.2) is 4.79 Å². The zero-order chi connectivity index (χ0) is 15.7. The van der Waals surface area contributed by atoms with Gasteiger partial charge in [0.15, 0.2) is 0 Å². The first-order chi connectivity index (χ1) is 10.5. The largest absolute Gasteiger partial charge is 0.508 e. The molecule has 1 heterocycles. The minimum atomic E-state index is -0.613. The third kappa shape index (κ3) is 2.66. The van der Waals surface area contributed by atoms with E-state index in [9.17, 15) is 15.0 Å². The van der Waals surface area contributed by atoms with Gasteiger partial charge in [0.05, 0.1) is 5.57 Å². The Kier molecular flexibility index (Phi) is 3.56. The van der Waals surface area contributed by atoms with Crippen LogP contribution in [0.25, 0.3) is 6.08 Å². The maximum Gasteiger partial charge on any atom is 0.368 e. The summed E-state index contributed by atoms with van der Waals surface area (Å²) in [7, 11) is 0. The average Bonchev–Trinajstić information content (AvgIpc) is 2.84. The topological polar surface area (TPSA) is 79.1 Å². The number of benzene rings is 2. The Labute approximate surface area is 130 Å². The molecule has 0 aromatic heterocycles. The summed E-state index contributed by atoms with van der Waals surface area (Å²) in [5.41, 5.74) is 1.60. The van der Waals surface area contributed by atoms with Crippen LogP contribution in [0, 0.1) is 0 Å². The van der Waals surface area contributed by atoms with Crippen molar-refractivity contribution in [2.45, 2.75) is 0 Å². The minimum Gasteiger partial charge on any atom is -0.508 e. The summed E-state index contributed by atoms with van der Waals surface area (Å²) in [5, 5.41) is 23.4. The number of rotatable bonds is 2. The molecule has 0 radical (unpaired) electrons. The lowest BCUT2D eigenvalue weighted by Gasteiger charge is -2.03. The summed E-state index contributed by atoms with van der Waals surface area (Å²) in [5.74, 6) is -0.833. The molecule has 2 aromatic rings. The number of nitrogens with zero attached hydrogens (tertiary/aromatic N) is 1. The number of phenols is 2. The molecule has 0 bridgehead atoms. The van der Waals surface area contributed by atoms with Crippen LogP contribution in [0.15, 0.2) is 53.2 Å². The Morgan fingerprint density at radius 2 is 1.82 bits per heavy atom. The van der Waals surface area contributed by atoms with Crippen molar-refractivity contribution >= 4 is 29.4 Å². The monoisotopic (exact) mass is 315 g/mol. The summed E-state index contributed by atoms with van der Waals surface area (Å²) < 4.78 is 0. The lowest BCUT2D eigenvalue weighted by Crippen LogP contribution is -2.06. The standard InChI is InChI=1S/C16H10ClNO4/c17-11-4-1-9(2-5-11)15-13(16(21)22-18-15)7-10-3-6-12(19)8-14(10)20/h1-8,19-20H. The number of aromatic hydroxyl groups is 2. The van der Waals surface area contributed by atoms with Crippen LogP contribution >= 0.6 is 11.6 Å². The zero-order valence-electron chi connectivity index (χ0n) is 11.2. The van der Waals surface area contributed by atoms with Gasteiger partial charge in [0.25, 0.3) is 0 Å². The molecule has 2 aromatic carbocycles. The van der Waals surface area contributed by atoms with E-state index in [0.29, 0.717) is 21.9 Å². The van der Waals surface area contributed by atoms with Gasteiger partial charge in [-0.05, 0) is 30.3 Å². The number of halogens is 1. The molecule has 3 rings (SSSR count). The van der Waals surface area contributed by atoms with Crippen LogP contribution in [0.1, 0.15) is 11.1 Å². The van der Waals surface area contributed by atoms with E-state index in [4.69, 9.17) is 16.4 Å². The van der Waals surface area contributed by atoms with Crippen molar-refractivity contribution in [3.63, 3.8) is 0 Å². The van der Waals surface area contributed by atoms with Crippen molar-refractivity contribution < 1.29 is 19.8 Å². The van der Waals surface area contributed by atoms with Crippen LogP contribution in [-0.2, 0) is 9.63 Å². The van der Waals surface area contributed by atoms with Crippen LogP contribution < -0.4 is 0 Å². The number of phenolic OH excluding ortho intramolecular Hbond substituents is 2. The summed E-state index contributed by atoms with van der Waals surface area (Å²) in [6.45, 7) is 0. The molecule has 6 heteroatoms. The third-order valence-corrected chi connectivity index (χ3v) is 3.38. The van der Waals surface area contributed by atoms with Crippen LogP contribution in [0.2, 0.25) is 5.02 Å². The predicted octanol–water partition coefficient (Wildman–Crippen LogP) is 3.10. The second kappa shape index (κ2) is 5.54. The van der Waals surface area contributed by atoms with E-state index in [2.05, 4.69) is 5.16 Å². The predicted molar refractivity (Wildman–Crippen MR) is 81.8 cm³/mol. The fourth-order valence-electron chi connectivity index (χ4n) is 2.03. The van der Waals surface area contributed by atoms with Gasteiger partial charge >= 0.3 is 5.97 Å². The summed E-state index contributed by atoms with van der Waals surface area (Å²) in [6, 6.07) is 10.9. The Hall–Kier alpha value is -2.79. The normalized spacial score (nSPS) is 15.8. The molecule has 0 spiro atoms. The lowest BCUT2D eigenvalue weighted by molar-refractivity contribution is -0.136. The van der Waals surface area contributed by atoms with E-state index in [-0.39, 0.29) is 17.1 Å². The molecule has 0 saturated heterocycles. The maximum atomic E-state index is 11.8. The van der Waals surface area contributed by atoms with Crippen molar-refractivity contribution in [3.8, 4) is 11.5 Å². The van der Waals surface area contributed by atoms with Crippen molar-refractivity contribution in [1.29, 1.82) is 0 Å². The highest BCUT2D eigenvalue weighted by atomic mass is 35.5. The summed E-state index contributed by atoms with van der Waals surface area (Å²) in [6.07, 6.45) is 1.46. The van der Waals surface area contributed by atoms with E-state index < -0.39 is 5.97 Å². The lowest BCUT2D eigenvalue weighted by atomic mass is 10.0. The molecular formula is C16H10ClNO4. The first-order valence-electron chi connectivity index (χ1n) is 6.34. The molecule has 22 heavy (non-hydrogen) atoms. The van der Waals surface area contributed by atoms with Crippen LogP contribution in [-0.4, -0.2) is 21.9 Å². The molecular weight excluding hydrogens is 306 g/mol. The summed E-state index contributed by atoms with van der Waals surface area (Å²) in [4.78, 5) is 16.6. The SMILES string of the molecule is O=C1ON=C(c2ccc(Cl)cc2)C1=Cc1ccc(O)cc1O. The minimum absolute atomic E-state index is 0.0692. The molecule has 2 N–H and O–H groups in total. The van der Waals surface area contributed by atoms with Crippen molar-refractivity contribution in [3.05, 3.63) is 64.2 Å². The Morgan fingerprint density at radius 1 is 1.09 bits per heavy atom. The fourth-order valence-corrected chi connectivity index (χ4v) is 2.16. The molecule has 0 saturated carbocycles. The van der Waals surface area contributed by atoms with Crippen LogP contribution in [0.3, 0.4) is 0 Å². The molecule has 0 aliphatic carbocycles. The maximum absolute atomic E-state index is 11.8. The Morgan fingerprint density at radius 3 is 2.50 bits per heavy atom. The first-order valence-corrected chi connectivity index (χ1v) is 6.72. The van der Waals surface area contributed by atoms with Gasteiger partial charge < -0.3 is 15.1 Å². The van der Waals surface area contributed by atoms with Crippen molar-refractivity contribution in [2.75, 3.05) is 0 Å². The highest BCUT2D eigenvalue weighted by Crippen LogP contribution is 2.27. The van der Waals surface area contributed by atoms with Gasteiger partial charge in [-0.1, -0.05) is 28.9 Å². The number of carbonyl (C=O) groups is 1. The molecule has 0 unspecified atom stereocenters. The van der Waals surface area contributed by atoms with Crippen LogP contribution in [0.5, 0.6) is 11.5 Å². The van der Waals surface area contributed by atoms with E-state index in [1.807, 2.05) is 0 Å². The number of carbonyl (C=O) groups excluding carboxylic acids is 1.